The van der Waals surface area contributed by atoms with Gasteiger partial charge in [0.05, 0.1) is 6.42 Å². The number of ether oxygens (including phenoxy) is 1. The second-order valence-electron chi connectivity index (χ2n) is 4.45. The summed E-state index contributed by atoms with van der Waals surface area (Å²) < 4.78 is 6.37. The lowest BCUT2D eigenvalue weighted by Crippen LogP contribution is -2.34. The lowest BCUT2D eigenvalue weighted by atomic mass is 10.00. The van der Waals surface area contributed by atoms with Gasteiger partial charge in [-0.2, -0.15) is 0 Å². The number of rotatable bonds is 4. The Labute approximate surface area is 119 Å². The van der Waals surface area contributed by atoms with Crippen molar-refractivity contribution in [3.8, 4) is 5.75 Å². The zero-order valence-electron chi connectivity index (χ0n) is 10.4. The molecule has 1 atom stereocenters. The maximum Gasteiger partial charge on any atom is 0.305 e. The van der Waals surface area contributed by atoms with Gasteiger partial charge in [-0.25, -0.2) is 0 Å². The first-order valence-corrected chi connectivity index (χ1v) is 6.67. The maximum absolute atomic E-state index is 12.3. The number of carbonyl (C=O) groups excluding carboxylic acids is 1. The molecule has 0 aromatic heterocycles. The number of amides is 1. The predicted molar refractivity (Wildman–Crippen MR) is 72.3 cm³/mol. The van der Waals surface area contributed by atoms with E-state index in [1.807, 2.05) is 18.2 Å². The number of likely N-dealkylation sites (N-methyl/N-ethyl adjacent to an activating group) is 1. The average Bonchev–Trinajstić information content (AvgIpc) is 2.77. The van der Waals surface area contributed by atoms with Crippen LogP contribution in [0.15, 0.2) is 22.7 Å². The molecule has 0 aliphatic carbocycles. The highest BCUT2D eigenvalue weighted by atomic mass is 79.9. The van der Waals surface area contributed by atoms with Gasteiger partial charge in [0, 0.05) is 23.6 Å². The number of fused-ring (bicyclic) bond motifs is 1. The highest BCUT2D eigenvalue weighted by Gasteiger charge is 2.32. The van der Waals surface area contributed by atoms with Crippen molar-refractivity contribution in [2.75, 3.05) is 20.2 Å². The van der Waals surface area contributed by atoms with Gasteiger partial charge in [0.1, 0.15) is 18.3 Å². The average molecular weight is 328 g/mol. The Kier molecular flexibility index (Phi) is 4.09. The SMILES string of the molecule is CN(CCC(=O)O)C(=O)C1COc2ccc(Br)cc21. The summed E-state index contributed by atoms with van der Waals surface area (Å²) in [7, 11) is 1.61. The number of carbonyl (C=O) groups is 2. The molecule has 1 aliphatic rings. The van der Waals surface area contributed by atoms with Crippen molar-refractivity contribution in [3.05, 3.63) is 28.2 Å². The van der Waals surface area contributed by atoms with E-state index in [2.05, 4.69) is 15.9 Å². The Hall–Kier alpha value is -1.56. The molecule has 1 unspecified atom stereocenters. The van der Waals surface area contributed by atoms with E-state index in [-0.39, 0.29) is 24.8 Å². The van der Waals surface area contributed by atoms with Gasteiger partial charge in [-0.05, 0) is 18.2 Å². The minimum absolute atomic E-state index is 0.0544. The summed E-state index contributed by atoms with van der Waals surface area (Å²) in [5.74, 6) is -0.664. The summed E-state index contributed by atoms with van der Waals surface area (Å²) in [5.41, 5.74) is 0.849. The number of carboxylic acid groups (broad SMARTS) is 1. The van der Waals surface area contributed by atoms with Gasteiger partial charge >= 0.3 is 5.97 Å². The van der Waals surface area contributed by atoms with E-state index in [1.54, 1.807) is 7.05 Å². The Morgan fingerprint density at radius 3 is 2.95 bits per heavy atom. The van der Waals surface area contributed by atoms with Gasteiger partial charge in [0.25, 0.3) is 0 Å². The van der Waals surface area contributed by atoms with Crippen molar-refractivity contribution in [2.45, 2.75) is 12.3 Å². The van der Waals surface area contributed by atoms with Crippen LogP contribution in [0.5, 0.6) is 5.75 Å². The van der Waals surface area contributed by atoms with Crippen LogP contribution < -0.4 is 4.74 Å². The topological polar surface area (TPSA) is 66.8 Å². The molecule has 5 nitrogen and oxygen atoms in total. The lowest BCUT2D eigenvalue weighted by molar-refractivity contribution is -0.138. The van der Waals surface area contributed by atoms with Crippen LogP contribution in [0.2, 0.25) is 0 Å². The van der Waals surface area contributed by atoms with Crippen LogP contribution >= 0.6 is 15.9 Å². The molecule has 0 bridgehead atoms. The van der Waals surface area contributed by atoms with Crippen LogP contribution in [0.4, 0.5) is 0 Å². The molecule has 0 fully saturated rings. The van der Waals surface area contributed by atoms with E-state index < -0.39 is 5.97 Å². The molecule has 6 heteroatoms. The minimum atomic E-state index is -0.912. The summed E-state index contributed by atoms with van der Waals surface area (Å²) in [4.78, 5) is 24.2. The lowest BCUT2D eigenvalue weighted by Gasteiger charge is -2.19. The van der Waals surface area contributed by atoms with Crippen LogP contribution in [0, 0.1) is 0 Å². The molecule has 102 valence electrons. The van der Waals surface area contributed by atoms with Crippen LogP contribution in [-0.4, -0.2) is 42.1 Å². The van der Waals surface area contributed by atoms with E-state index in [1.165, 1.54) is 4.90 Å². The van der Waals surface area contributed by atoms with Crippen LogP contribution in [0.25, 0.3) is 0 Å². The standard InChI is InChI=1S/C13H14BrNO4/c1-15(5-4-12(16)17)13(18)10-7-19-11-3-2-8(14)6-9(10)11/h2-3,6,10H,4-5,7H2,1H3,(H,16,17). The molecule has 0 radical (unpaired) electrons. The van der Waals surface area contributed by atoms with Gasteiger partial charge in [-0.3, -0.25) is 9.59 Å². The van der Waals surface area contributed by atoms with Gasteiger partial charge < -0.3 is 14.7 Å². The molecule has 1 amide bonds. The molecule has 0 saturated heterocycles. The molecule has 1 aromatic rings. The van der Waals surface area contributed by atoms with Crippen molar-refractivity contribution in [3.63, 3.8) is 0 Å². The van der Waals surface area contributed by atoms with E-state index in [0.717, 1.165) is 10.0 Å². The van der Waals surface area contributed by atoms with Gasteiger partial charge in [-0.1, -0.05) is 15.9 Å². The number of aliphatic carboxylic acids is 1. The second-order valence-corrected chi connectivity index (χ2v) is 5.36. The molecule has 0 saturated carbocycles. The minimum Gasteiger partial charge on any atom is -0.492 e. The second kappa shape index (κ2) is 5.61. The molecule has 1 aliphatic heterocycles. The number of hydrogen-bond acceptors (Lipinski definition) is 3. The number of benzene rings is 1. The monoisotopic (exact) mass is 327 g/mol. The third-order valence-corrected chi connectivity index (χ3v) is 3.58. The Bertz CT molecular complexity index is 517. The van der Waals surface area contributed by atoms with E-state index in [0.29, 0.717) is 12.4 Å². The molecule has 0 spiro atoms. The van der Waals surface area contributed by atoms with Crippen LogP contribution in [-0.2, 0) is 9.59 Å². The van der Waals surface area contributed by atoms with Gasteiger partial charge in [0.2, 0.25) is 5.91 Å². The third kappa shape index (κ3) is 3.07. The summed E-state index contributed by atoms with van der Waals surface area (Å²) in [6, 6.07) is 5.56. The molecular weight excluding hydrogens is 314 g/mol. The van der Waals surface area contributed by atoms with Gasteiger partial charge in [-0.15, -0.1) is 0 Å². The zero-order chi connectivity index (χ0) is 14.0. The smallest absolute Gasteiger partial charge is 0.305 e. The highest BCUT2D eigenvalue weighted by molar-refractivity contribution is 9.10. The molecular formula is C13H14BrNO4. The van der Waals surface area contributed by atoms with E-state index in [4.69, 9.17) is 9.84 Å². The summed E-state index contributed by atoms with van der Waals surface area (Å²) in [5, 5.41) is 8.63. The van der Waals surface area contributed by atoms with Crippen molar-refractivity contribution in [2.24, 2.45) is 0 Å². The molecule has 1 heterocycles. The van der Waals surface area contributed by atoms with E-state index in [9.17, 15) is 9.59 Å². The summed E-state index contributed by atoms with van der Waals surface area (Å²) in [6.07, 6.45) is -0.0544. The normalized spacial score (nSPS) is 16.6. The summed E-state index contributed by atoms with van der Waals surface area (Å²) >= 11 is 3.37. The number of hydrogen-bond donors (Lipinski definition) is 1. The zero-order valence-corrected chi connectivity index (χ0v) is 12.0. The fraction of sp³-hybridized carbons (Fsp3) is 0.385. The number of nitrogens with zero attached hydrogens (tertiary/aromatic N) is 1. The van der Waals surface area contributed by atoms with Crippen LogP contribution in [0.3, 0.4) is 0 Å². The third-order valence-electron chi connectivity index (χ3n) is 3.09. The van der Waals surface area contributed by atoms with Gasteiger partial charge in [0.15, 0.2) is 0 Å². The fourth-order valence-corrected chi connectivity index (χ4v) is 2.41. The van der Waals surface area contributed by atoms with Crippen molar-refractivity contribution in [1.29, 1.82) is 0 Å². The first-order valence-electron chi connectivity index (χ1n) is 5.88. The summed E-state index contributed by atoms with van der Waals surface area (Å²) in [6.45, 7) is 0.510. The molecule has 2 rings (SSSR count). The van der Waals surface area contributed by atoms with Crippen LogP contribution in [0.1, 0.15) is 17.9 Å². The fourth-order valence-electron chi connectivity index (χ4n) is 2.03. The first-order chi connectivity index (χ1) is 8.99. The number of carboxylic acids is 1. The maximum atomic E-state index is 12.3. The van der Waals surface area contributed by atoms with Crippen molar-refractivity contribution >= 4 is 27.8 Å². The predicted octanol–water partition coefficient (Wildman–Crippen LogP) is 1.86. The largest absolute Gasteiger partial charge is 0.492 e. The molecule has 1 aromatic carbocycles. The quantitative estimate of drug-likeness (QED) is 0.916. The highest BCUT2D eigenvalue weighted by Crippen LogP contribution is 2.36. The Morgan fingerprint density at radius 1 is 1.53 bits per heavy atom. The van der Waals surface area contributed by atoms with Crippen molar-refractivity contribution in [1.82, 2.24) is 4.90 Å². The van der Waals surface area contributed by atoms with Crippen molar-refractivity contribution < 1.29 is 19.4 Å². The molecule has 19 heavy (non-hydrogen) atoms. The Morgan fingerprint density at radius 2 is 2.26 bits per heavy atom. The Balaban J connectivity index is 2.10. The first kappa shape index (κ1) is 13.9. The molecule has 1 N–H and O–H groups in total. The number of halogens is 1. The van der Waals surface area contributed by atoms with E-state index >= 15 is 0 Å².